The summed E-state index contributed by atoms with van der Waals surface area (Å²) in [6, 6.07) is 8.13. The van der Waals surface area contributed by atoms with Gasteiger partial charge in [0.25, 0.3) is 0 Å². The molecule has 1 N–H and O–H groups in total. The van der Waals surface area contributed by atoms with Crippen molar-refractivity contribution in [1.29, 1.82) is 0 Å². The van der Waals surface area contributed by atoms with Crippen LogP contribution in [0.3, 0.4) is 0 Å². The van der Waals surface area contributed by atoms with Crippen molar-refractivity contribution in [3.8, 4) is 0 Å². The van der Waals surface area contributed by atoms with Crippen molar-refractivity contribution in [3.63, 3.8) is 0 Å². The molecule has 6 nitrogen and oxygen atoms in total. The number of fused-ring (bicyclic) bond motifs is 1. The van der Waals surface area contributed by atoms with E-state index < -0.39 is 0 Å². The number of carbonyl (C=O) groups is 1. The molecule has 0 bridgehead atoms. The van der Waals surface area contributed by atoms with E-state index in [4.69, 9.17) is 0 Å². The van der Waals surface area contributed by atoms with E-state index in [1.54, 1.807) is 11.0 Å². The van der Waals surface area contributed by atoms with Gasteiger partial charge in [-0.15, -0.1) is 0 Å². The second kappa shape index (κ2) is 6.43. The first-order chi connectivity index (χ1) is 10.7. The van der Waals surface area contributed by atoms with Gasteiger partial charge in [0, 0.05) is 37.2 Å². The first kappa shape index (κ1) is 14.3. The predicted molar refractivity (Wildman–Crippen MR) is 84.3 cm³/mol. The van der Waals surface area contributed by atoms with Crippen LogP contribution in [-0.4, -0.2) is 31.8 Å². The van der Waals surface area contributed by atoms with E-state index in [2.05, 4.69) is 32.1 Å². The maximum Gasteiger partial charge on any atom is 0.224 e. The largest absolute Gasteiger partial charge is 0.356 e. The van der Waals surface area contributed by atoms with Crippen molar-refractivity contribution >= 4 is 16.8 Å². The summed E-state index contributed by atoms with van der Waals surface area (Å²) in [5, 5.41) is 8.13. The Labute approximate surface area is 128 Å². The van der Waals surface area contributed by atoms with Crippen LogP contribution in [0, 0.1) is 0 Å². The maximum atomic E-state index is 12.1. The first-order valence-electron chi connectivity index (χ1n) is 7.36. The topological polar surface area (TPSA) is 64.7 Å². The number of nitrogens with zero attached hydrogens (tertiary/aromatic N) is 4. The van der Waals surface area contributed by atoms with Crippen LogP contribution in [0.2, 0.25) is 0 Å². The lowest BCUT2D eigenvalue weighted by Gasteiger charge is -2.05. The van der Waals surface area contributed by atoms with Crippen LogP contribution in [0.5, 0.6) is 0 Å². The standard InChI is InChI=1S/C16H19N5O/c1-20-10-13(14-5-2-3-6-15(14)20)9-16(22)18-7-4-8-21-12-17-11-19-21/h2-3,5-6,10-12H,4,7-9H2,1H3,(H,18,22). The molecular weight excluding hydrogens is 278 g/mol. The molecule has 0 aliphatic heterocycles. The van der Waals surface area contributed by atoms with Gasteiger partial charge in [0.15, 0.2) is 0 Å². The summed E-state index contributed by atoms with van der Waals surface area (Å²) < 4.78 is 3.82. The molecular formula is C16H19N5O. The SMILES string of the molecule is Cn1cc(CC(=O)NCCCn2cncn2)c2ccccc21. The molecule has 0 aliphatic carbocycles. The summed E-state index contributed by atoms with van der Waals surface area (Å²) in [5.74, 6) is 0.0509. The number of hydrogen-bond acceptors (Lipinski definition) is 3. The number of amides is 1. The van der Waals surface area contributed by atoms with E-state index in [0.29, 0.717) is 13.0 Å². The Morgan fingerprint density at radius 1 is 1.32 bits per heavy atom. The summed E-state index contributed by atoms with van der Waals surface area (Å²) >= 11 is 0. The van der Waals surface area contributed by atoms with Gasteiger partial charge in [0.05, 0.1) is 6.42 Å². The minimum Gasteiger partial charge on any atom is -0.356 e. The van der Waals surface area contributed by atoms with Crippen LogP contribution in [0.15, 0.2) is 43.1 Å². The van der Waals surface area contributed by atoms with Crippen molar-refractivity contribution < 1.29 is 4.79 Å². The first-order valence-corrected chi connectivity index (χ1v) is 7.36. The molecule has 2 aromatic heterocycles. The molecule has 0 radical (unpaired) electrons. The molecule has 0 saturated heterocycles. The average Bonchev–Trinajstić information content (AvgIpc) is 3.13. The molecule has 0 unspecified atom stereocenters. The van der Waals surface area contributed by atoms with Crippen LogP contribution in [0.4, 0.5) is 0 Å². The van der Waals surface area contributed by atoms with Crippen molar-refractivity contribution in [2.45, 2.75) is 19.4 Å². The fourth-order valence-corrected chi connectivity index (χ4v) is 2.62. The molecule has 0 spiro atoms. The molecule has 114 valence electrons. The van der Waals surface area contributed by atoms with E-state index in [0.717, 1.165) is 29.4 Å². The minimum atomic E-state index is 0.0509. The lowest BCUT2D eigenvalue weighted by molar-refractivity contribution is -0.120. The zero-order valence-electron chi connectivity index (χ0n) is 12.6. The zero-order valence-corrected chi connectivity index (χ0v) is 12.6. The van der Waals surface area contributed by atoms with Gasteiger partial charge in [-0.3, -0.25) is 9.48 Å². The summed E-state index contributed by atoms with van der Waals surface area (Å²) in [6.45, 7) is 1.40. The monoisotopic (exact) mass is 297 g/mol. The van der Waals surface area contributed by atoms with Crippen LogP contribution in [-0.2, 0) is 24.8 Å². The molecule has 0 fully saturated rings. The predicted octanol–water partition coefficient (Wildman–Crippen LogP) is 1.52. The third-order valence-electron chi connectivity index (χ3n) is 3.68. The van der Waals surface area contributed by atoms with Gasteiger partial charge in [0.2, 0.25) is 5.91 Å². The smallest absolute Gasteiger partial charge is 0.224 e. The van der Waals surface area contributed by atoms with Gasteiger partial charge < -0.3 is 9.88 Å². The van der Waals surface area contributed by atoms with E-state index in [-0.39, 0.29) is 5.91 Å². The fraction of sp³-hybridized carbons (Fsp3) is 0.312. The number of aromatic nitrogens is 4. The molecule has 1 aromatic carbocycles. The quantitative estimate of drug-likeness (QED) is 0.702. The van der Waals surface area contributed by atoms with Gasteiger partial charge in [0.1, 0.15) is 12.7 Å². The highest BCUT2D eigenvalue weighted by molar-refractivity contribution is 5.89. The van der Waals surface area contributed by atoms with E-state index in [9.17, 15) is 4.79 Å². The summed E-state index contributed by atoms with van der Waals surface area (Å²) in [4.78, 5) is 16.0. The molecule has 0 saturated carbocycles. The lowest BCUT2D eigenvalue weighted by Crippen LogP contribution is -2.26. The molecule has 6 heteroatoms. The van der Waals surface area contributed by atoms with E-state index >= 15 is 0 Å². The van der Waals surface area contributed by atoms with Crippen molar-refractivity contribution in [2.24, 2.45) is 7.05 Å². The molecule has 3 aromatic rings. The Hall–Kier alpha value is -2.63. The van der Waals surface area contributed by atoms with Crippen molar-refractivity contribution in [1.82, 2.24) is 24.6 Å². The Morgan fingerprint density at radius 2 is 2.18 bits per heavy atom. The van der Waals surface area contributed by atoms with Gasteiger partial charge in [-0.25, -0.2) is 4.98 Å². The number of hydrogen-bond donors (Lipinski definition) is 1. The normalized spacial score (nSPS) is 11.0. The van der Waals surface area contributed by atoms with Crippen LogP contribution < -0.4 is 5.32 Å². The molecule has 2 heterocycles. The number of carbonyl (C=O) groups excluding carboxylic acids is 1. The average molecular weight is 297 g/mol. The van der Waals surface area contributed by atoms with Crippen molar-refractivity contribution in [2.75, 3.05) is 6.54 Å². The molecule has 22 heavy (non-hydrogen) atoms. The molecule has 0 aliphatic rings. The molecule has 0 atom stereocenters. The summed E-state index contributed by atoms with van der Waals surface area (Å²) in [5.41, 5.74) is 2.21. The second-order valence-corrected chi connectivity index (χ2v) is 5.32. The van der Waals surface area contributed by atoms with Gasteiger partial charge in [-0.05, 0) is 18.1 Å². The van der Waals surface area contributed by atoms with Crippen LogP contribution in [0.25, 0.3) is 10.9 Å². The number of aryl methyl sites for hydroxylation is 2. The third-order valence-corrected chi connectivity index (χ3v) is 3.68. The highest BCUT2D eigenvalue weighted by Gasteiger charge is 2.09. The summed E-state index contributed by atoms with van der Waals surface area (Å²) in [7, 11) is 2.00. The highest BCUT2D eigenvalue weighted by Crippen LogP contribution is 2.20. The maximum absolute atomic E-state index is 12.1. The van der Waals surface area contributed by atoms with E-state index in [1.807, 2.05) is 25.4 Å². The number of benzene rings is 1. The van der Waals surface area contributed by atoms with Gasteiger partial charge >= 0.3 is 0 Å². The number of nitrogens with one attached hydrogen (secondary N) is 1. The zero-order chi connectivity index (χ0) is 15.4. The summed E-state index contributed by atoms with van der Waals surface area (Å²) in [6.07, 6.45) is 6.46. The Balaban J connectivity index is 1.52. The fourth-order valence-electron chi connectivity index (χ4n) is 2.62. The molecule has 3 rings (SSSR count). The van der Waals surface area contributed by atoms with Crippen molar-refractivity contribution in [3.05, 3.63) is 48.7 Å². The highest BCUT2D eigenvalue weighted by atomic mass is 16.1. The number of para-hydroxylation sites is 1. The number of rotatable bonds is 6. The van der Waals surface area contributed by atoms with Crippen LogP contribution >= 0.6 is 0 Å². The third kappa shape index (κ3) is 3.16. The van der Waals surface area contributed by atoms with Gasteiger partial charge in [-0.1, -0.05) is 18.2 Å². The lowest BCUT2D eigenvalue weighted by atomic mass is 10.1. The Kier molecular flexibility index (Phi) is 4.18. The van der Waals surface area contributed by atoms with E-state index in [1.165, 1.54) is 6.33 Å². The second-order valence-electron chi connectivity index (χ2n) is 5.32. The minimum absolute atomic E-state index is 0.0509. The Bertz CT molecular complexity index is 760. The van der Waals surface area contributed by atoms with Gasteiger partial charge in [-0.2, -0.15) is 5.10 Å². The van der Waals surface area contributed by atoms with Crippen LogP contribution in [0.1, 0.15) is 12.0 Å². The molecule has 1 amide bonds. The Morgan fingerprint density at radius 3 is 3.00 bits per heavy atom.